The van der Waals surface area contributed by atoms with Crippen molar-refractivity contribution >= 4 is 22.1 Å². The van der Waals surface area contributed by atoms with Crippen LogP contribution in [0.1, 0.15) is 12.8 Å². The molecule has 29 heavy (non-hydrogen) atoms. The first-order valence-electron chi connectivity index (χ1n) is 8.31. The van der Waals surface area contributed by atoms with E-state index >= 15 is 0 Å². The largest absolute Gasteiger partial charge is 0.455 e. The lowest BCUT2D eigenvalue weighted by Crippen LogP contribution is -2.47. The molecule has 5 unspecified atom stereocenters. The molecule has 0 amide bonds. The van der Waals surface area contributed by atoms with Crippen molar-refractivity contribution in [3.8, 4) is 0 Å². The minimum Gasteiger partial charge on any atom is -0.455 e. The third-order valence-corrected chi connectivity index (χ3v) is 5.85. The first kappa shape index (κ1) is 21.9. The highest BCUT2D eigenvalue weighted by atomic mass is 32.2. The smallest absolute Gasteiger partial charge is 0.431 e. The van der Waals surface area contributed by atoms with Crippen LogP contribution in [0.5, 0.6) is 0 Å². The van der Waals surface area contributed by atoms with Crippen LogP contribution < -0.4 is 0 Å². The predicted octanol–water partition coefficient (Wildman–Crippen LogP) is 0.690. The summed E-state index contributed by atoms with van der Waals surface area (Å²) >= 11 is 0. The number of carbonyl (C=O) groups excluding carboxylic acids is 2. The van der Waals surface area contributed by atoms with E-state index in [1.54, 1.807) is 0 Å². The lowest BCUT2D eigenvalue weighted by atomic mass is 9.88. The van der Waals surface area contributed by atoms with E-state index in [1.807, 2.05) is 0 Å². The van der Waals surface area contributed by atoms with E-state index < -0.39 is 83.2 Å². The molecule has 9 nitrogen and oxygen atoms in total. The van der Waals surface area contributed by atoms with Crippen molar-refractivity contribution in [2.24, 2.45) is 5.92 Å². The van der Waals surface area contributed by atoms with Gasteiger partial charge in [0.25, 0.3) is 0 Å². The number of halogens is 4. The van der Waals surface area contributed by atoms with Crippen LogP contribution in [-0.4, -0.2) is 73.7 Å². The van der Waals surface area contributed by atoms with Crippen LogP contribution in [0.15, 0.2) is 12.2 Å². The van der Waals surface area contributed by atoms with Crippen LogP contribution in [0.3, 0.4) is 0 Å². The molecule has 3 fully saturated rings. The fourth-order valence-electron chi connectivity index (χ4n) is 3.38. The highest BCUT2D eigenvalue weighted by Crippen LogP contribution is 2.47. The van der Waals surface area contributed by atoms with Gasteiger partial charge in [-0.05, 0) is 6.42 Å². The molecule has 0 spiro atoms. The Morgan fingerprint density at radius 3 is 2.55 bits per heavy atom. The molecule has 3 saturated heterocycles. The van der Waals surface area contributed by atoms with Gasteiger partial charge in [0.05, 0.1) is 30.8 Å². The number of hydrogen-bond donors (Lipinski definition) is 1. The normalized spacial score (nSPS) is 31.1. The minimum absolute atomic E-state index is 0.331. The Balaban J connectivity index is 1.45. The van der Waals surface area contributed by atoms with Gasteiger partial charge in [0, 0.05) is 6.42 Å². The van der Waals surface area contributed by atoms with Crippen molar-refractivity contribution in [2.45, 2.75) is 48.4 Å². The van der Waals surface area contributed by atoms with E-state index in [2.05, 4.69) is 11.3 Å². The Morgan fingerprint density at radius 2 is 1.93 bits per heavy atom. The zero-order valence-electron chi connectivity index (χ0n) is 14.6. The van der Waals surface area contributed by atoms with E-state index in [9.17, 15) is 35.6 Å². The van der Waals surface area contributed by atoms with Crippen LogP contribution in [0.2, 0.25) is 0 Å². The summed E-state index contributed by atoms with van der Waals surface area (Å²) in [5, 5.41) is -5.70. The second-order valence-corrected chi connectivity index (χ2v) is 8.32. The molecule has 0 aromatic heterocycles. The SMILES string of the molecule is C=C(COCCC(F)(F)C(F)(F)S(=O)(=O)O)C(=O)OC1C2CC3C(=O)OC1C3O2. The average molecular weight is 448 g/mol. The molecular weight excluding hydrogens is 432 g/mol. The first-order chi connectivity index (χ1) is 13.3. The summed E-state index contributed by atoms with van der Waals surface area (Å²) in [7, 11) is -6.33. The number of hydrogen-bond acceptors (Lipinski definition) is 8. The highest BCUT2D eigenvalue weighted by Gasteiger charge is 2.66. The van der Waals surface area contributed by atoms with Crippen molar-refractivity contribution in [2.75, 3.05) is 13.2 Å². The molecule has 0 aromatic carbocycles. The lowest BCUT2D eigenvalue weighted by Gasteiger charge is -2.24. The van der Waals surface area contributed by atoms with E-state index in [0.29, 0.717) is 6.42 Å². The molecule has 0 radical (unpaired) electrons. The summed E-state index contributed by atoms with van der Waals surface area (Å²) in [4.78, 5) is 23.6. The van der Waals surface area contributed by atoms with Gasteiger partial charge in [-0.15, -0.1) is 0 Å². The zero-order valence-corrected chi connectivity index (χ0v) is 15.4. The quantitative estimate of drug-likeness (QED) is 0.178. The molecule has 3 rings (SSSR count). The van der Waals surface area contributed by atoms with Gasteiger partial charge in [-0.25, -0.2) is 4.79 Å². The third-order valence-electron chi connectivity index (χ3n) is 4.90. The van der Waals surface area contributed by atoms with E-state index in [0.717, 1.165) is 0 Å². The molecule has 2 bridgehead atoms. The van der Waals surface area contributed by atoms with Gasteiger partial charge < -0.3 is 18.9 Å². The standard InChI is InChI=1S/C15H16F4O9S/c1-6(5-25-3-2-14(16,17)15(18,19)29(22,23)24)12(20)27-10-8-4-7-9(26-8)11(10)28-13(7)21/h7-11H,1-5H2,(H,22,23,24). The maximum absolute atomic E-state index is 13.3. The Morgan fingerprint density at radius 1 is 1.28 bits per heavy atom. The molecule has 3 aliphatic heterocycles. The molecule has 14 heteroatoms. The fraction of sp³-hybridized carbons (Fsp3) is 0.733. The van der Waals surface area contributed by atoms with Crippen molar-refractivity contribution in [3.05, 3.63) is 12.2 Å². The zero-order chi connectivity index (χ0) is 21.8. The summed E-state index contributed by atoms with van der Waals surface area (Å²) in [5.41, 5.74) is -0.335. The van der Waals surface area contributed by atoms with Gasteiger partial charge in [-0.1, -0.05) is 6.58 Å². The Hall–Kier alpha value is -1.77. The van der Waals surface area contributed by atoms with Gasteiger partial charge in [0.2, 0.25) is 0 Å². The first-order valence-corrected chi connectivity index (χ1v) is 9.75. The van der Waals surface area contributed by atoms with Crippen LogP contribution in [0.4, 0.5) is 17.6 Å². The monoisotopic (exact) mass is 448 g/mol. The summed E-state index contributed by atoms with van der Waals surface area (Å²) in [6.45, 7) is 1.61. The Bertz CT molecular complexity index is 828. The van der Waals surface area contributed by atoms with Gasteiger partial charge in [-0.3, -0.25) is 9.35 Å². The maximum atomic E-state index is 13.3. The van der Waals surface area contributed by atoms with Crippen LogP contribution >= 0.6 is 0 Å². The van der Waals surface area contributed by atoms with Gasteiger partial charge in [0.1, 0.15) is 6.10 Å². The number of rotatable bonds is 9. The highest BCUT2D eigenvalue weighted by molar-refractivity contribution is 7.87. The van der Waals surface area contributed by atoms with Crippen LogP contribution in [0.25, 0.3) is 0 Å². The summed E-state index contributed by atoms with van der Waals surface area (Å²) in [6, 6.07) is 0. The van der Waals surface area contributed by atoms with Crippen molar-refractivity contribution in [3.63, 3.8) is 0 Å². The van der Waals surface area contributed by atoms with Gasteiger partial charge in [-0.2, -0.15) is 26.0 Å². The van der Waals surface area contributed by atoms with E-state index in [1.165, 1.54) is 0 Å². The number of carbonyl (C=O) groups is 2. The molecule has 3 aliphatic rings. The van der Waals surface area contributed by atoms with E-state index in [-0.39, 0.29) is 5.57 Å². The van der Waals surface area contributed by atoms with Gasteiger partial charge in [0.15, 0.2) is 12.2 Å². The van der Waals surface area contributed by atoms with Crippen LogP contribution in [-0.2, 0) is 38.7 Å². The number of alkyl halides is 4. The molecule has 1 N–H and O–H groups in total. The molecule has 0 aliphatic carbocycles. The number of ether oxygens (including phenoxy) is 4. The number of fused-ring (bicyclic) bond motifs is 1. The molecule has 5 atom stereocenters. The lowest BCUT2D eigenvalue weighted by molar-refractivity contribution is -0.170. The second-order valence-electron chi connectivity index (χ2n) is 6.86. The predicted molar refractivity (Wildman–Crippen MR) is 82.5 cm³/mol. The van der Waals surface area contributed by atoms with Crippen molar-refractivity contribution < 1.29 is 59.1 Å². The third kappa shape index (κ3) is 3.73. The molecule has 0 saturated carbocycles. The molecule has 164 valence electrons. The van der Waals surface area contributed by atoms with Crippen molar-refractivity contribution in [1.82, 2.24) is 0 Å². The Kier molecular flexibility index (Phi) is 5.43. The molecule has 3 heterocycles. The second kappa shape index (κ2) is 7.18. The number of esters is 2. The average Bonchev–Trinajstić information content (AvgIpc) is 3.22. The molecule has 0 aromatic rings. The minimum atomic E-state index is -6.33. The van der Waals surface area contributed by atoms with Crippen LogP contribution in [0, 0.1) is 5.92 Å². The molecular formula is C15H16F4O9S. The fourth-order valence-corrected chi connectivity index (χ4v) is 3.86. The topological polar surface area (TPSA) is 125 Å². The van der Waals surface area contributed by atoms with Gasteiger partial charge >= 0.3 is 33.2 Å². The van der Waals surface area contributed by atoms with Crippen molar-refractivity contribution in [1.29, 1.82) is 0 Å². The summed E-state index contributed by atoms with van der Waals surface area (Å²) in [6.07, 6.45) is -4.04. The summed E-state index contributed by atoms with van der Waals surface area (Å²) < 4.78 is 102. The Labute approximate surface area is 161 Å². The summed E-state index contributed by atoms with van der Waals surface area (Å²) in [5.74, 6) is -6.92. The van der Waals surface area contributed by atoms with E-state index in [4.69, 9.17) is 18.8 Å². The maximum Gasteiger partial charge on any atom is 0.431 e.